The molecule has 0 fully saturated rings. The normalized spacial score (nSPS) is 13.7. The lowest BCUT2D eigenvalue weighted by molar-refractivity contribution is 0.582. The largest absolute Gasteiger partial charge is 0.368 e. The minimum atomic E-state index is -4.73. The van der Waals surface area contributed by atoms with Gasteiger partial charge in [-0.3, -0.25) is 0 Å². The molecule has 2 aromatic rings. The Morgan fingerprint density at radius 1 is 0.700 bits per heavy atom. The summed E-state index contributed by atoms with van der Waals surface area (Å²) in [6.07, 6.45) is 1.59. The molecule has 0 heterocycles. The maximum atomic E-state index is 12.5. The molecule has 0 saturated carbocycles. The number of sulfonamides is 2. The number of hydrogen-bond donors (Lipinski definition) is 2. The van der Waals surface area contributed by atoms with E-state index in [1.54, 1.807) is 4.72 Å². The maximum absolute atomic E-state index is 12.5. The summed E-state index contributed by atoms with van der Waals surface area (Å²) in [5, 5.41) is 0. The van der Waals surface area contributed by atoms with Crippen LogP contribution < -0.4 is 10.5 Å². The van der Waals surface area contributed by atoms with Crippen LogP contribution in [-0.4, -0.2) is 52.1 Å². The molecule has 0 saturated heterocycles. The molecule has 2 rings (SSSR count). The number of rotatable bonds is 6. The first-order valence-electron chi connectivity index (χ1n) is 7.77. The van der Waals surface area contributed by atoms with Crippen molar-refractivity contribution < 1.29 is 33.7 Å². The molecule has 0 unspecified atom stereocenters. The van der Waals surface area contributed by atoms with E-state index >= 15 is 0 Å². The Hall–Kier alpha value is -2.49. The first kappa shape index (κ1) is 23.8. The zero-order valence-electron chi connectivity index (χ0n) is 15.5. The van der Waals surface area contributed by atoms with Crippen molar-refractivity contribution in [1.29, 1.82) is 0 Å². The van der Waals surface area contributed by atoms with Crippen molar-refractivity contribution in [3.8, 4) is 0 Å². The highest BCUT2D eigenvalue weighted by Crippen LogP contribution is 2.23. The summed E-state index contributed by atoms with van der Waals surface area (Å²) < 4.78 is 102. The lowest BCUT2D eigenvalue weighted by Gasteiger charge is -2.11. The van der Waals surface area contributed by atoms with E-state index < -0.39 is 65.3 Å². The van der Waals surface area contributed by atoms with Crippen molar-refractivity contribution in [2.75, 3.05) is 12.5 Å². The van der Waals surface area contributed by atoms with E-state index in [0.717, 1.165) is 36.8 Å². The Labute approximate surface area is 174 Å². The van der Waals surface area contributed by atoms with E-state index in [-0.39, 0.29) is 0 Å². The van der Waals surface area contributed by atoms with Gasteiger partial charge in [0, 0.05) is 12.5 Å². The number of nitrogens with zero attached hydrogens (tertiary/aromatic N) is 1. The smallest absolute Gasteiger partial charge is 0.286 e. The highest BCUT2D eigenvalue weighted by molar-refractivity contribution is 7.94. The van der Waals surface area contributed by atoms with Gasteiger partial charge in [-0.15, -0.1) is 4.40 Å². The third-order valence-electron chi connectivity index (χ3n) is 3.52. The number of hydrogen-bond acceptors (Lipinski definition) is 8. The summed E-state index contributed by atoms with van der Waals surface area (Å²) in [5.41, 5.74) is 5.42. The molecule has 0 aliphatic heterocycles. The van der Waals surface area contributed by atoms with Crippen LogP contribution in [0.15, 0.2) is 72.5 Å². The van der Waals surface area contributed by atoms with Crippen LogP contribution in [0.4, 0.5) is 0 Å². The summed E-state index contributed by atoms with van der Waals surface area (Å²) in [6, 6.07) is 9.16. The number of nitrogens with two attached hydrogens (primary N) is 1. The van der Waals surface area contributed by atoms with Crippen molar-refractivity contribution in [2.24, 2.45) is 10.1 Å². The Morgan fingerprint density at radius 2 is 1.07 bits per heavy atom. The van der Waals surface area contributed by atoms with Gasteiger partial charge >= 0.3 is 0 Å². The molecule has 0 aliphatic rings. The second-order valence-electron chi connectivity index (χ2n) is 5.99. The van der Waals surface area contributed by atoms with Gasteiger partial charge in [-0.2, -0.15) is 8.42 Å². The van der Waals surface area contributed by atoms with Gasteiger partial charge in [0.15, 0.2) is 19.7 Å². The number of sulfone groups is 2. The van der Waals surface area contributed by atoms with Crippen molar-refractivity contribution in [3.05, 3.63) is 48.5 Å². The van der Waals surface area contributed by atoms with Crippen molar-refractivity contribution in [2.45, 2.75) is 19.6 Å². The molecule has 0 amide bonds. The fraction of sp³-hybridized carbons (Fsp3) is 0.133. The highest BCUT2D eigenvalue weighted by atomic mass is 32.2. The van der Waals surface area contributed by atoms with E-state index in [0.29, 0.717) is 0 Å². The fourth-order valence-electron chi connectivity index (χ4n) is 2.34. The molecular formula is C15H17N3O8S4. The van der Waals surface area contributed by atoms with Crippen molar-refractivity contribution in [1.82, 2.24) is 4.72 Å². The first-order chi connectivity index (χ1) is 13.6. The number of guanidine groups is 1. The van der Waals surface area contributed by atoms with Crippen LogP contribution in [0.2, 0.25) is 0 Å². The Balaban J connectivity index is 2.53. The summed E-state index contributed by atoms with van der Waals surface area (Å²) >= 11 is 0. The van der Waals surface area contributed by atoms with Gasteiger partial charge in [0.2, 0.25) is 5.96 Å². The lowest BCUT2D eigenvalue weighted by Crippen LogP contribution is -2.38. The van der Waals surface area contributed by atoms with E-state index in [9.17, 15) is 33.7 Å². The zero-order chi connectivity index (χ0) is 23.0. The van der Waals surface area contributed by atoms with Crippen molar-refractivity contribution in [3.63, 3.8) is 0 Å². The van der Waals surface area contributed by atoms with Gasteiger partial charge in [-0.1, -0.05) is 24.3 Å². The quantitative estimate of drug-likeness (QED) is 0.392. The van der Waals surface area contributed by atoms with Crippen LogP contribution in [0.3, 0.4) is 0 Å². The second kappa shape index (κ2) is 7.98. The van der Waals surface area contributed by atoms with Crippen LogP contribution in [0.5, 0.6) is 0 Å². The SMILES string of the molecule is CS(=O)(=O)c1ccccc1S(=O)(=O)N=C(N)NS(=O)(=O)c1ccccc1S(C)(=O)=O. The average molecular weight is 496 g/mol. The zero-order valence-corrected chi connectivity index (χ0v) is 18.8. The third kappa shape index (κ3) is 5.35. The molecule has 0 bridgehead atoms. The Morgan fingerprint density at radius 3 is 1.50 bits per heavy atom. The molecule has 3 N–H and O–H groups in total. The summed E-state index contributed by atoms with van der Waals surface area (Å²) in [6.45, 7) is 0. The van der Waals surface area contributed by atoms with Gasteiger partial charge in [0.25, 0.3) is 20.0 Å². The fourth-order valence-corrected chi connectivity index (χ4v) is 7.46. The van der Waals surface area contributed by atoms with Gasteiger partial charge in [-0.05, 0) is 24.3 Å². The molecule has 0 radical (unpaired) electrons. The minimum absolute atomic E-state index is 0.532. The van der Waals surface area contributed by atoms with Crippen molar-refractivity contribution >= 4 is 45.7 Å². The molecule has 0 atom stereocenters. The molecule has 2 aromatic carbocycles. The van der Waals surface area contributed by atoms with Gasteiger partial charge in [-0.25, -0.2) is 30.0 Å². The maximum Gasteiger partial charge on any atom is 0.286 e. The molecule has 164 valence electrons. The predicted octanol–water partition coefficient (Wildman–Crippen LogP) is -0.524. The summed E-state index contributed by atoms with van der Waals surface area (Å²) in [4.78, 5) is -2.45. The molecule has 0 spiro atoms. The van der Waals surface area contributed by atoms with Crippen LogP contribution in [-0.2, 0) is 39.7 Å². The standard InChI is InChI=1S/C15H17N3O8S4/c1-27(19,20)11-7-3-5-9-13(11)29(23,24)17-15(16)18-30(25,26)14-10-6-4-8-12(14)28(2,21)22/h3-10H,1-2H3,(H3,16,17,18). The molecule has 0 aromatic heterocycles. The van der Waals surface area contributed by atoms with E-state index in [2.05, 4.69) is 4.40 Å². The van der Waals surface area contributed by atoms with Gasteiger partial charge < -0.3 is 5.73 Å². The van der Waals surface area contributed by atoms with E-state index in [1.165, 1.54) is 24.3 Å². The van der Waals surface area contributed by atoms with E-state index in [1.807, 2.05) is 0 Å². The van der Waals surface area contributed by atoms with Gasteiger partial charge in [0.05, 0.1) is 9.79 Å². The molecule has 15 heteroatoms. The highest BCUT2D eigenvalue weighted by Gasteiger charge is 2.27. The molecular weight excluding hydrogens is 478 g/mol. The Kier molecular flexibility index (Phi) is 6.32. The van der Waals surface area contributed by atoms with E-state index in [4.69, 9.17) is 5.73 Å². The summed E-state index contributed by atoms with van der Waals surface area (Å²) in [7, 11) is -17.2. The average Bonchev–Trinajstić information content (AvgIpc) is 2.59. The predicted molar refractivity (Wildman–Crippen MR) is 108 cm³/mol. The summed E-state index contributed by atoms with van der Waals surface area (Å²) in [5.74, 6) is -1.11. The molecule has 11 nitrogen and oxygen atoms in total. The minimum Gasteiger partial charge on any atom is -0.368 e. The van der Waals surface area contributed by atoms with Crippen LogP contribution in [0.25, 0.3) is 0 Å². The van der Waals surface area contributed by atoms with Crippen LogP contribution in [0.1, 0.15) is 0 Å². The number of nitrogens with one attached hydrogen (secondary N) is 1. The van der Waals surface area contributed by atoms with Gasteiger partial charge in [0.1, 0.15) is 9.79 Å². The monoisotopic (exact) mass is 495 g/mol. The molecule has 0 aliphatic carbocycles. The lowest BCUT2D eigenvalue weighted by atomic mass is 10.4. The third-order valence-corrected chi connectivity index (χ3v) is 8.85. The molecule has 30 heavy (non-hydrogen) atoms. The topological polar surface area (TPSA) is 187 Å². The first-order valence-corrected chi connectivity index (χ1v) is 14.5. The van der Waals surface area contributed by atoms with Crippen LogP contribution >= 0.6 is 0 Å². The Bertz CT molecular complexity index is 1440. The number of benzene rings is 2. The second-order valence-corrected chi connectivity index (χ2v) is 13.2. The van der Waals surface area contributed by atoms with Crippen LogP contribution in [0, 0.1) is 0 Å².